The molecule has 0 radical (unpaired) electrons. The van der Waals surface area contributed by atoms with Gasteiger partial charge >= 0.3 is 6.01 Å². The number of rotatable bonds is 8. The Morgan fingerprint density at radius 1 is 1.12 bits per heavy atom. The molecule has 0 saturated carbocycles. The number of benzene rings is 1. The van der Waals surface area contributed by atoms with Gasteiger partial charge in [-0.1, -0.05) is 16.8 Å². The molecular formula is C22H24N4O5S. The molecule has 3 aromatic rings. The van der Waals surface area contributed by atoms with Crippen LogP contribution >= 0.6 is 0 Å². The van der Waals surface area contributed by atoms with Crippen molar-refractivity contribution < 1.29 is 22.4 Å². The van der Waals surface area contributed by atoms with Crippen molar-refractivity contribution in [1.82, 2.24) is 15.1 Å². The maximum atomic E-state index is 12.8. The van der Waals surface area contributed by atoms with Gasteiger partial charge in [0.1, 0.15) is 11.5 Å². The summed E-state index contributed by atoms with van der Waals surface area (Å²) in [6, 6.07) is 10.4. The molecule has 0 N–H and O–H groups in total. The van der Waals surface area contributed by atoms with E-state index in [2.05, 4.69) is 15.1 Å². The van der Waals surface area contributed by atoms with Crippen LogP contribution in [-0.2, 0) is 16.4 Å². The van der Waals surface area contributed by atoms with E-state index in [4.69, 9.17) is 14.0 Å². The SMILES string of the molecule is COc1ccc(S(=O)(=O)CC2=CCCN(c3nc(COc4cccnc4)no3)CC2)cc1. The highest BCUT2D eigenvalue weighted by atomic mass is 32.2. The lowest BCUT2D eigenvalue weighted by Gasteiger charge is -2.17. The molecule has 0 saturated heterocycles. The van der Waals surface area contributed by atoms with Gasteiger partial charge in [0.2, 0.25) is 5.82 Å². The van der Waals surface area contributed by atoms with Gasteiger partial charge in [-0.2, -0.15) is 4.98 Å². The predicted molar refractivity (Wildman–Crippen MR) is 117 cm³/mol. The van der Waals surface area contributed by atoms with Crippen LogP contribution in [0.1, 0.15) is 18.7 Å². The first-order chi connectivity index (χ1) is 15.5. The van der Waals surface area contributed by atoms with E-state index in [9.17, 15) is 8.42 Å². The number of aromatic nitrogens is 3. The van der Waals surface area contributed by atoms with Crippen molar-refractivity contribution in [2.45, 2.75) is 24.3 Å². The van der Waals surface area contributed by atoms with Crippen LogP contribution in [0.5, 0.6) is 11.5 Å². The topological polar surface area (TPSA) is 108 Å². The molecule has 0 bridgehead atoms. The molecule has 1 aliphatic rings. The molecule has 0 fully saturated rings. The summed E-state index contributed by atoms with van der Waals surface area (Å²) in [5, 5.41) is 3.97. The summed E-state index contributed by atoms with van der Waals surface area (Å²) in [6.07, 6.45) is 6.56. The highest BCUT2D eigenvalue weighted by Crippen LogP contribution is 2.23. The molecule has 2 aromatic heterocycles. The zero-order chi connectivity index (χ0) is 22.4. The molecule has 9 nitrogen and oxygen atoms in total. The normalized spacial score (nSPS) is 14.5. The second kappa shape index (κ2) is 9.82. The molecule has 0 spiro atoms. The molecule has 0 aliphatic carbocycles. The first-order valence-electron chi connectivity index (χ1n) is 10.2. The number of methoxy groups -OCH3 is 1. The number of hydrogen-bond donors (Lipinski definition) is 0. The third-order valence-electron chi connectivity index (χ3n) is 5.06. The Labute approximate surface area is 186 Å². The van der Waals surface area contributed by atoms with Crippen LogP contribution in [-0.4, -0.2) is 49.5 Å². The summed E-state index contributed by atoms with van der Waals surface area (Å²) in [5.41, 5.74) is 0.878. The second-order valence-electron chi connectivity index (χ2n) is 7.29. The van der Waals surface area contributed by atoms with Crippen molar-refractivity contribution in [2.24, 2.45) is 0 Å². The average molecular weight is 457 g/mol. The molecule has 0 atom stereocenters. The van der Waals surface area contributed by atoms with E-state index in [1.165, 1.54) is 0 Å². The molecule has 168 valence electrons. The lowest BCUT2D eigenvalue weighted by molar-refractivity contribution is 0.285. The van der Waals surface area contributed by atoms with Gasteiger partial charge in [0.25, 0.3) is 0 Å². The second-order valence-corrected chi connectivity index (χ2v) is 9.28. The van der Waals surface area contributed by atoms with Crippen molar-refractivity contribution in [1.29, 1.82) is 0 Å². The number of nitrogens with zero attached hydrogens (tertiary/aromatic N) is 4. The predicted octanol–water partition coefficient (Wildman–Crippen LogP) is 3.05. The van der Waals surface area contributed by atoms with Gasteiger partial charge in [-0.3, -0.25) is 4.98 Å². The number of hydrogen-bond acceptors (Lipinski definition) is 9. The first-order valence-corrected chi connectivity index (χ1v) is 11.8. The fourth-order valence-corrected chi connectivity index (χ4v) is 4.83. The Hall–Kier alpha value is -3.40. The van der Waals surface area contributed by atoms with Gasteiger partial charge in [0.05, 0.1) is 24.0 Å². The van der Waals surface area contributed by atoms with Gasteiger partial charge in [-0.15, -0.1) is 0 Å². The Morgan fingerprint density at radius 3 is 2.72 bits per heavy atom. The highest BCUT2D eigenvalue weighted by molar-refractivity contribution is 7.91. The molecule has 0 unspecified atom stereocenters. The summed E-state index contributed by atoms with van der Waals surface area (Å²) in [4.78, 5) is 10.6. The van der Waals surface area contributed by atoms with Crippen molar-refractivity contribution in [2.75, 3.05) is 30.9 Å². The lowest BCUT2D eigenvalue weighted by Crippen LogP contribution is -2.25. The smallest absolute Gasteiger partial charge is 0.324 e. The van der Waals surface area contributed by atoms with E-state index in [1.807, 2.05) is 11.0 Å². The number of sulfone groups is 1. The Morgan fingerprint density at radius 2 is 1.97 bits per heavy atom. The van der Waals surface area contributed by atoms with Crippen LogP contribution < -0.4 is 14.4 Å². The zero-order valence-corrected chi connectivity index (χ0v) is 18.5. The molecule has 1 aromatic carbocycles. The van der Waals surface area contributed by atoms with Crippen LogP contribution in [0.4, 0.5) is 6.01 Å². The molecule has 0 amide bonds. The van der Waals surface area contributed by atoms with E-state index < -0.39 is 9.84 Å². The van der Waals surface area contributed by atoms with E-state index in [1.54, 1.807) is 55.9 Å². The molecule has 10 heteroatoms. The van der Waals surface area contributed by atoms with E-state index >= 15 is 0 Å². The van der Waals surface area contributed by atoms with Crippen LogP contribution in [0.3, 0.4) is 0 Å². The van der Waals surface area contributed by atoms with Gasteiger partial charge in [0, 0.05) is 19.3 Å². The highest BCUT2D eigenvalue weighted by Gasteiger charge is 2.21. The van der Waals surface area contributed by atoms with E-state index in [0.717, 1.165) is 5.57 Å². The minimum atomic E-state index is -3.43. The monoisotopic (exact) mass is 456 g/mol. The molecule has 3 heterocycles. The number of ether oxygens (including phenoxy) is 2. The Balaban J connectivity index is 1.33. The number of pyridine rings is 1. The van der Waals surface area contributed by atoms with Gasteiger partial charge in [0.15, 0.2) is 16.4 Å². The summed E-state index contributed by atoms with van der Waals surface area (Å²) >= 11 is 0. The van der Waals surface area contributed by atoms with Crippen molar-refractivity contribution in [3.63, 3.8) is 0 Å². The third-order valence-corrected chi connectivity index (χ3v) is 6.80. The summed E-state index contributed by atoms with van der Waals surface area (Å²) in [5.74, 6) is 1.67. The van der Waals surface area contributed by atoms with Gasteiger partial charge in [-0.05, 0) is 49.2 Å². The Kier molecular flexibility index (Phi) is 6.69. The number of anilines is 1. The van der Waals surface area contributed by atoms with E-state index in [0.29, 0.717) is 49.3 Å². The summed E-state index contributed by atoms with van der Waals surface area (Å²) in [7, 11) is -1.88. The average Bonchev–Trinajstić information content (AvgIpc) is 3.17. The summed E-state index contributed by atoms with van der Waals surface area (Å²) in [6.45, 7) is 1.43. The van der Waals surface area contributed by atoms with Crippen LogP contribution in [0, 0.1) is 0 Å². The maximum Gasteiger partial charge on any atom is 0.324 e. The lowest BCUT2D eigenvalue weighted by atomic mass is 10.2. The fraction of sp³-hybridized carbons (Fsp3) is 0.318. The standard InChI is InChI=1S/C22H24N4O5S/c1-29-18-6-8-20(9-7-18)32(27,28)16-17-4-3-12-26(13-10-17)22-24-21(25-31-22)15-30-19-5-2-11-23-14-19/h2,4-9,11,14H,3,10,12-13,15-16H2,1H3. The van der Waals surface area contributed by atoms with Crippen molar-refractivity contribution in [3.8, 4) is 11.5 Å². The molecule has 32 heavy (non-hydrogen) atoms. The minimum absolute atomic E-state index is 0.0127. The Bertz CT molecular complexity index is 1160. The van der Waals surface area contributed by atoms with Gasteiger partial charge < -0.3 is 18.9 Å². The van der Waals surface area contributed by atoms with Gasteiger partial charge in [-0.25, -0.2) is 8.42 Å². The first kappa shape index (κ1) is 21.8. The van der Waals surface area contributed by atoms with Crippen molar-refractivity contribution >= 4 is 15.9 Å². The minimum Gasteiger partial charge on any atom is -0.497 e. The fourth-order valence-electron chi connectivity index (χ4n) is 3.36. The van der Waals surface area contributed by atoms with Crippen LogP contribution in [0.15, 0.2) is 69.9 Å². The third kappa shape index (κ3) is 5.44. The van der Waals surface area contributed by atoms with Crippen LogP contribution in [0.2, 0.25) is 0 Å². The van der Waals surface area contributed by atoms with E-state index in [-0.39, 0.29) is 17.3 Å². The van der Waals surface area contributed by atoms with Crippen LogP contribution in [0.25, 0.3) is 0 Å². The maximum absolute atomic E-state index is 12.8. The molecule has 1 aliphatic heterocycles. The summed E-state index contributed by atoms with van der Waals surface area (Å²) < 4.78 is 41.7. The quantitative estimate of drug-likeness (QED) is 0.473. The van der Waals surface area contributed by atoms with Crippen molar-refractivity contribution in [3.05, 3.63) is 66.3 Å². The molecular weight excluding hydrogens is 432 g/mol. The zero-order valence-electron chi connectivity index (χ0n) is 17.7. The largest absolute Gasteiger partial charge is 0.497 e. The molecule has 4 rings (SSSR count).